The van der Waals surface area contributed by atoms with Crippen LogP contribution in [0.5, 0.6) is 5.75 Å². The predicted octanol–water partition coefficient (Wildman–Crippen LogP) is 6.34. The van der Waals surface area contributed by atoms with E-state index in [2.05, 4.69) is 40.4 Å². The van der Waals surface area contributed by atoms with Crippen molar-refractivity contribution in [2.24, 2.45) is 0 Å². The molecule has 164 valence electrons. The molecular weight excluding hydrogens is 410 g/mol. The molecule has 0 amide bonds. The molecule has 3 aromatic carbocycles. The first-order chi connectivity index (χ1) is 16.2. The largest absolute Gasteiger partial charge is 0.487 e. The van der Waals surface area contributed by atoms with Gasteiger partial charge in [-0.3, -0.25) is 4.68 Å². The van der Waals surface area contributed by atoms with Gasteiger partial charge in [-0.25, -0.2) is 4.98 Å². The van der Waals surface area contributed by atoms with Crippen LogP contribution in [-0.2, 0) is 19.6 Å². The summed E-state index contributed by atoms with van der Waals surface area (Å²) in [6.45, 7) is 3.12. The normalized spacial score (nSPS) is 10.9. The van der Waals surface area contributed by atoms with Crippen LogP contribution < -0.4 is 4.74 Å². The first-order valence-electron chi connectivity index (χ1n) is 11.1. The minimum Gasteiger partial charge on any atom is -0.487 e. The number of rotatable bonds is 8. The highest BCUT2D eigenvalue weighted by molar-refractivity contribution is 5.58. The van der Waals surface area contributed by atoms with Gasteiger partial charge in [-0.2, -0.15) is 5.10 Å². The lowest BCUT2D eigenvalue weighted by Gasteiger charge is -2.07. The molecule has 0 atom stereocenters. The lowest BCUT2D eigenvalue weighted by Crippen LogP contribution is -2.02. The lowest BCUT2D eigenvalue weighted by molar-refractivity contribution is 0.299. The number of hydrogen-bond acceptors (Lipinski definition) is 4. The Balaban J connectivity index is 1.16. The molecule has 33 heavy (non-hydrogen) atoms. The molecule has 0 bridgehead atoms. The Morgan fingerprint density at radius 2 is 1.52 bits per heavy atom. The third-order valence-corrected chi connectivity index (χ3v) is 5.55. The molecule has 0 aliphatic heterocycles. The van der Waals surface area contributed by atoms with Gasteiger partial charge in [0.25, 0.3) is 0 Å². The van der Waals surface area contributed by atoms with Gasteiger partial charge < -0.3 is 9.15 Å². The Labute approximate surface area is 193 Å². The Morgan fingerprint density at radius 3 is 2.24 bits per heavy atom. The average Bonchev–Trinajstić information content (AvgIpc) is 3.50. The fourth-order valence-corrected chi connectivity index (χ4v) is 3.66. The van der Waals surface area contributed by atoms with E-state index in [4.69, 9.17) is 9.15 Å². The fraction of sp³-hybridized carbons (Fsp3) is 0.143. The molecule has 0 radical (unpaired) electrons. The number of benzene rings is 3. The van der Waals surface area contributed by atoms with E-state index in [1.807, 2.05) is 78.5 Å². The fourth-order valence-electron chi connectivity index (χ4n) is 3.66. The highest BCUT2D eigenvalue weighted by Crippen LogP contribution is 2.23. The van der Waals surface area contributed by atoms with Crippen LogP contribution in [0.3, 0.4) is 0 Å². The van der Waals surface area contributed by atoms with E-state index in [9.17, 15) is 0 Å². The molecule has 5 aromatic rings. The van der Waals surface area contributed by atoms with Crippen molar-refractivity contribution in [2.75, 3.05) is 0 Å². The summed E-state index contributed by atoms with van der Waals surface area (Å²) < 4.78 is 13.8. The predicted molar refractivity (Wildman–Crippen MR) is 129 cm³/mol. The third-order valence-electron chi connectivity index (χ3n) is 5.55. The second kappa shape index (κ2) is 9.57. The van der Waals surface area contributed by atoms with E-state index in [0.29, 0.717) is 12.5 Å². The summed E-state index contributed by atoms with van der Waals surface area (Å²) in [6.07, 6.45) is 2.93. The Bertz CT molecular complexity index is 1310. The quantitative estimate of drug-likeness (QED) is 0.286. The SMILES string of the molecule is Cc1oc(-c2ccccc2)nc1COc1ccc(CCn2ccc(-c3ccccc3)n2)cc1. The molecule has 0 saturated heterocycles. The van der Waals surface area contributed by atoms with Gasteiger partial charge in [0.1, 0.15) is 23.8 Å². The summed E-state index contributed by atoms with van der Waals surface area (Å²) >= 11 is 0. The molecule has 0 unspecified atom stereocenters. The number of ether oxygens (including phenoxy) is 1. The van der Waals surface area contributed by atoms with E-state index < -0.39 is 0 Å². The van der Waals surface area contributed by atoms with E-state index in [1.165, 1.54) is 5.56 Å². The minimum absolute atomic E-state index is 0.372. The van der Waals surface area contributed by atoms with Crippen molar-refractivity contribution in [3.63, 3.8) is 0 Å². The van der Waals surface area contributed by atoms with Crippen LogP contribution in [0.2, 0.25) is 0 Å². The van der Waals surface area contributed by atoms with Crippen molar-refractivity contribution >= 4 is 0 Å². The molecular formula is C28H25N3O2. The van der Waals surface area contributed by atoms with Crippen LogP contribution in [0.15, 0.2) is 102 Å². The van der Waals surface area contributed by atoms with Gasteiger partial charge in [0.05, 0.1) is 5.69 Å². The topological polar surface area (TPSA) is 53.1 Å². The molecule has 5 nitrogen and oxygen atoms in total. The third kappa shape index (κ3) is 5.04. The maximum atomic E-state index is 5.95. The van der Waals surface area contributed by atoms with Crippen molar-refractivity contribution in [1.29, 1.82) is 0 Å². The lowest BCUT2D eigenvalue weighted by atomic mass is 10.1. The number of aromatic nitrogens is 3. The van der Waals surface area contributed by atoms with Crippen LogP contribution >= 0.6 is 0 Å². The van der Waals surface area contributed by atoms with Gasteiger partial charge in [0.2, 0.25) is 5.89 Å². The van der Waals surface area contributed by atoms with Crippen LogP contribution in [0.1, 0.15) is 17.0 Å². The molecule has 5 heteroatoms. The summed E-state index contributed by atoms with van der Waals surface area (Å²) in [4.78, 5) is 4.60. The van der Waals surface area contributed by atoms with Gasteiger partial charge >= 0.3 is 0 Å². The van der Waals surface area contributed by atoms with Gasteiger partial charge in [0.15, 0.2) is 0 Å². The summed E-state index contributed by atoms with van der Waals surface area (Å²) in [5.41, 5.74) is 5.15. The zero-order valence-corrected chi connectivity index (χ0v) is 18.5. The maximum Gasteiger partial charge on any atom is 0.226 e. The zero-order chi connectivity index (χ0) is 22.5. The zero-order valence-electron chi connectivity index (χ0n) is 18.5. The number of aryl methyl sites for hydroxylation is 3. The molecule has 0 fully saturated rings. The van der Waals surface area contributed by atoms with Crippen molar-refractivity contribution in [3.05, 3.63) is 114 Å². The Hall–Kier alpha value is -4.12. The smallest absolute Gasteiger partial charge is 0.226 e. The molecule has 0 spiro atoms. The molecule has 2 aromatic heterocycles. The molecule has 2 heterocycles. The summed E-state index contributed by atoms with van der Waals surface area (Å²) in [5.74, 6) is 2.21. The van der Waals surface area contributed by atoms with E-state index in [1.54, 1.807) is 0 Å². The molecule has 0 N–H and O–H groups in total. The van der Waals surface area contributed by atoms with Gasteiger partial charge in [-0.1, -0.05) is 60.7 Å². The summed E-state index contributed by atoms with van der Waals surface area (Å²) in [7, 11) is 0. The first kappa shape index (κ1) is 20.8. The van der Waals surface area contributed by atoms with Crippen molar-refractivity contribution in [2.45, 2.75) is 26.5 Å². The standard InChI is InChI=1S/C28H25N3O2/c1-21-27(29-28(33-21)24-10-6-3-7-11-24)20-32-25-14-12-22(13-15-25)16-18-31-19-17-26(30-31)23-8-4-2-5-9-23/h2-15,17,19H,16,18,20H2,1H3. The van der Waals surface area contributed by atoms with Crippen molar-refractivity contribution in [3.8, 4) is 28.5 Å². The van der Waals surface area contributed by atoms with E-state index >= 15 is 0 Å². The summed E-state index contributed by atoms with van der Waals surface area (Å²) in [5, 5.41) is 4.68. The van der Waals surface area contributed by atoms with Gasteiger partial charge in [-0.05, 0) is 49.2 Å². The van der Waals surface area contributed by atoms with Crippen molar-refractivity contribution in [1.82, 2.24) is 14.8 Å². The molecule has 0 aliphatic rings. The number of nitrogens with zero attached hydrogens (tertiary/aromatic N) is 3. The second-order valence-electron chi connectivity index (χ2n) is 7.90. The Morgan fingerprint density at radius 1 is 0.818 bits per heavy atom. The molecule has 5 rings (SSSR count). The number of hydrogen-bond donors (Lipinski definition) is 0. The van der Waals surface area contributed by atoms with E-state index in [-0.39, 0.29) is 0 Å². The van der Waals surface area contributed by atoms with Crippen LogP contribution in [0.25, 0.3) is 22.7 Å². The van der Waals surface area contributed by atoms with Crippen LogP contribution in [0, 0.1) is 6.92 Å². The second-order valence-corrected chi connectivity index (χ2v) is 7.90. The van der Waals surface area contributed by atoms with Gasteiger partial charge in [0, 0.05) is 23.9 Å². The number of oxazole rings is 1. The average molecular weight is 436 g/mol. The summed E-state index contributed by atoms with van der Waals surface area (Å²) in [6, 6.07) is 30.4. The van der Waals surface area contributed by atoms with Gasteiger partial charge in [-0.15, -0.1) is 0 Å². The van der Waals surface area contributed by atoms with Crippen molar-refractivity contribution < 1.29 is 9.15 Å². The maximum absolute atomic E-state index is 5.95. The first-order valence-corrected chi connectivity index (χ1v) is 11.1. The Kier molecular flexibility index (Phi) is 6.02. The highest BCUT2D eigenvalue weighted by Gasteiger charge is 2.12. The monoisotopic (exact) mass is 435 g/mol. The molecule has 0 saturated carbocycles. The van der Waals surface area contributed by atoms with E-state index in [0.717, 1.165) is 47.0 Å². The van der Waals surface area contributed by atoms with Crippen LogP contribution in [0.4, 0.5) is 0 Å². The minimum atomic E-state index is 0.372. The highest BCUT2D eigenvalue weighted by atomic mass is 16.5. The molecule has 0 aliphatic carbocycles. The van der Waals surface area contributed by atoms with Crippen LogP contribution in [-0.4, -0.2) is 14.8 Å².